The van der Waals surface area contributed by atoms with Crippen LogP contribution >= 0.6 is 0 Å². The number of nitrogens with two attached hydrogens (primary N) is 1. The Bertz CT molecular complexity index is 569. The number of carboxylic acid groups (broad SMARTS) is 1. The van der Waals surface area contributed by atoms with Crippen LogP contribution in [-0.4, -0.2) is 44.6 Å². The molecule has 0 atom stereocenters. The van der Waals surface area contributed by atoms with E-state index in [1.54, 1.807) is 31.0 Å². The minimum atomic E-state index is -3.08. The standard InChI is InChI=1S/C12H18N2O4S/c1-3-19(17,18)7-6-14(2)11-5-4-9(13)8-10(11)12(15)16/h4-5,8H,3,6-7,13H2,1-2H3,(H,15,16). The maximum atomic E-state index is 11.4. The molecule has 0 spiro atoms. The van der Waals surface area contributed by atoms with Crippen molar-refractivity contribution in [1.29, 1.82) is 0 Å². The maximum Gasteiger partial charge on any atom is 0.337 e. The summed E-state index contributed by atoms with van der Waals surface area (Å²) in [6, 6.07) is 4.53. The molecular weight excluding hydrogens is 268 g/mol. The van der Waals surface area contributed by atoms with Gasteiger partial charge in [0, 0.05) is 25.0 Å². The number of anilines is 2. The molecule has 6 nitrogen and oxygen atoms in total. The number of hydrogen-bond acceptors (Lipinski definition) is 5. The van der Waals surface area contributed by atoms with Gasteiger partial charge in [-0.05, 0) is 18.2 Å². The fraction of sp³-hybridized carbons (Fsp3) is 0.417. The average Bonchev–Trinajstić information content (AvgIpc) is 2.36. The molecule has 0 saturated carbocycles. The van der Waals surface area contributed by atoms with Gasteiger partial charge in [0.2, 0.25) is 0 Å². The number of aromatic carboxylic acids is 1. The van der Waals surface area contributed by atoms with E-state index < -0.39 is 15.8 Å². The molecule has 3 N–H and O–H groups in total. The molecule has 0 fully saturated rings. The average molecular weight is 286 g/mol. The molecule has 1 aromatic rings. The molecule has 106 valence electrons. The first-order chi connectivity index (χ1) is 8.76. The van der Waals surface area contributed by atoms with E-state index in [-0.39, 0.29) is 23.6 Å². The monoisotopic (exact) mass is 286 g/mol. The topological polar surface area (TPSA) is 101 Å². The highest BCUT2D eigenvalue weighted by Crippen LogP contribution is 2.22. The van der Waals surface area contributed by atoms with Gasteiger partial charge in [0.15, 0.2) is 9.84 Å². The summed E-state index contributed by atoms with van der Waals surface area (Å²) in [6.07, 6.45) is 0. The second-order valence-electron chi connectivity index (χ2n) is 4.24. The third kappa shape index (κ3) is 4.13. The maximum absolute atomic E-state index is 11.4. The molecule has 19 heavy (non-hydrogen) atoms. The van der Waals surface area contributed by atoms with Crippen molar-refractivity contribution in [2.75, 3.05) is 35.7 Å². The SMILES string of the molecule is CCS(=O)(=O)CCN(C)c1ccc(N)cc1C(=O)O. The van der Waals surface area contributed by atoms with Crippen molar-refractivity contribution >= 4 is 27.2 Å². The Morgan fingerprint density at radius 2 is 2.05 bits per heavy atom. The Morgan fingerprint density at radius 3 is 2.58 bits per heavy atom. The zero-order chi connectivity index (χ0) is 14.6. The van der Waals surface area contributed by atoms with E-state index in [2.05, 4.69) is 0 Å². The lowest BCUT2D eigenvalue weighted by atomic mass is 10.1. The van der Waals surface area contributed by atoms with Crippen LogP contribution in [0.1, 0.15) is 17.3 Å². The van der Waals surface area contributed by atoms with Gasteiger partial charge in [-0.15, -0.1) is 0 Å². The van der Waals surface area contributed by atoms with E-state index in [9.17, 15) is 13.2 Å². The normalized spacial score (nSPS) is 11.3. The smallest absolute Gasteiger partial charge is 0.337 e. The molecule has 0 aliphatic heterocycles. The van der Waals surface area contributed by atoms with Crippen LogP contribution < -0.4 is 10.6 Å². The van der Waals surface area contributed by atoms with E-state index in [1.807, 2.05) is 0 Å². The van der Waals surface area contributed by atoms with Gasteiger partial charge in [-0.2, -0.15) is 0 Å². The van der Waals surface area contributed by atoms with Crippen molar-refractivity contribution < 1.29 is 18.3 Å². The molecule has 0 radical (unpaired) electrons. The molecule has 0 bridgehead atoms. The summed E-state index contributed by atoms with van der Waals surface area (Å²) >= 11 is 0. The van der Waals surface area contributed by atoms with Crippen molar-refractivity contribution in [3.8, 4) is 0 Å². The van der Waals surface area contributed by atoms with Crippen LogP contribution in [0.25, 0.3) is 0 Å². The molecule has 0 aliphatic rings. The lowest BCUT2D eigenvalue weighted by molar-refractivity contribution is 0.0697. The number of carbonyl (C=O) groups is 1. The Morgan fingerprint density at radius 1 is 1.42 bits per heavy atom. The Kier molecular flexibility index (Phi) is 4.77. The first-order valence-electron chi connectivity index (χ1n) is 5.81. The van der Waals surface area contributed by atoms with E-state index in [4.69, 9.17) is 10.8 Å². The molecule has 1 aromatic carbocycles. The van der Waals surface area contributed by atoms with E-state index in [0.717, 1.165) is 0 Å². The highest BCUT2D eigenvalue weighted by atomic mass is 32.2. The number of nitrogen functional groups attached to an aromatic ring is 1. The molecule has 0 saturated heterocycles. The lowest BCUT2D eigenvalue weighted by Gasteiger charge is -2.21. The minimum absolute atomic E-state index is 0.0105. The van der Waals surface area contributed by atoms with Gasteiger partial charge >= 0.3 is 5.97 Å². The Hall–Kier alpha value is -1.76. The van der Waals surface area contributed by atoms with Crippen molar-refractivity contribution in [3.63, 3.8) is 0 Å². The van der Waals surface area contributed by atoms with Crippen molar-refractivity contribution in [2.24, 2.45) is 0 Å². The minimum Gasteiger partial charge on any atom is -0.478 e. The van der Waals surface area contributed by atoms with Crippen molar-refractivity contribution in [1.82, 2.24) is 0 Å². The molecule has 1 rings (SSSR count). The van der Waals surface area contributed by atoms with Crippen LogP contribution in [0.4, 0.5) is 11.4 Å². The van der Waals surface area contributed by atoms with Crippen molar-refractivity contribution in [2.45, 2.75) is 6.92 Å². The van der Waals surface area contributed by atoms with Gasteiger partial charge in [0.05, 0.1) is 17.0 Å². The zero-order valence-electron chi connectivity index (χ0n) is 11.0. The number of hydrogen-bond donors (Lipinski definition) is 2. The van der Waals surface area contributed by atoms with E-state index >= 15 is 0 Å². The molecule has 0 amide bonds. The molecular formula is C12H18N2O4S. The predicted octanol–water partition coefficient (Wildman–Crippen LogP) is 0.838. The fourth-order valence-corrected chi connectivity index (χ4v) is 2.44. The summed E-state index contributed by atoms with van der Waals surface area (Å²) in [6.45, 7) is 1.82. The number of rotatable bonds is 6. The second kappa shape index (κ2) is 5.92. The van der Waals surface area contributed by atoms with Gasteiger partial charge in [-0.3, -0.25) is 0 Å². The number of nitrogens with zero attached hydrogens (tertiary/aromatic N) is 1. The van der Waals surface area contributed by atoms with Crippen LogP contribution in [0.15, 0.2) is 18.2 Å². The quantitative estimate of drug-likeness (QED) is 0.751. The third-order valence-electron chi connectivity index (χ3n) is 2.84. The number of benzene rings is 1. The first kappa shape index (κ1) is 15.3. The molecule has 7 heteroatoms. The molecule has 0 aliphatic carbocycles. The lowest BCUT2D eigenvalue weighted by Crippen LogP contribution is -2.27. The first-order valence-corrected chi connectivity index (χ1v) is 7.63. The third-order valence-corrected chi connectivity index (χ3v) is 4.52. The van der Waals surface area contributed by atoms with Crippen LogP contribution in [0.3, 0.4) is 0 Å². The van der Waals surface area contributed by atoms with E-state index in [1.165, 1.54) is 6.07 Å². The predicted molar refractivity (Wildman–Crippen MR) is 75.4 cm³/mol. The highest BCUT2D eigenvalue weighted by molar-refractivity contribution is 7.91. The Balaban J connectivity index is 2.94. The molecule has 0 heterocycles. The molecule has 0 unspecified atom stereocenters. The largest absolute Gasteiger partial charge is 0.478 e. The fourth-order valence-electron chi connectivity index (χ4n) is 1.60. The van der Waals surface area contributed by atoms with Crippen LogP contribution in [0, 0.1) is 0 Å². The Labute approximate surface area is 112 Å². The summed E-state index contributed by atoms with van der Waals surface area (Å²) in [5.74, 6) is -1.02. The summed E-state index contributed by atoms with van der Waals surface area (Å²) in [5.41, 5.74) is 6.43. The summed E-state index contributed by atoms with van der Waals surface area (Å²) < 4.78 is 22.9. The van der Waals surface area contributed by atoms with Gasteiger partial charge in [0.1, 0.15) is 0 Å². The summed E-state index contributed by atoms with van der Waals surface area (Å²) in [7, 11) is -1.42. The van der Waals surface area contributed by atoms with Gasteiger partial charge in [0.25, 0.3) is 0 Å². The van der Waals surface area contributed by atoms with E-state index in [0.29, 0.717) is 11.4 Å². The van der Waals surface area contributed by atoms with Crippen molar-refractivity contribution in [3.05, 3.63) is 23.8 Å². The highest BCUT2D eigenvalue weighted by Gasteiger charge is 2.16. The van der Waals surface area contributed by atoms with Gasteiger partial charge in [-0.1, -0.05) is 6.92 Å². The summed E-state index contributed by atoms with van der Waals surface area (Å²) in [4.78, 5) is 12.7. The summed E-state index contributed by atoms with van der Waals surface area (Å²) in [5, 5.41) is 9.11. The number of carboxylic acids is 1. The number of sulfone groups is 1. The van der Waals surface area contributed by atoms with Crippen LogP contribution in [0.5, 0.6) is 0 Å². The van der Waals surface area contributed by atoms with Gasteiger partial charge < -0.3 is 15.7 Å². The zero-order valence-corrected chi connectivity index (χ0v) is 11.8. The van der Waals surface area contributed by atoms with Crippen LogP contribution in [0.2, 0.25) is 0 Å². The van der Waals surface area contributed by atoms with Gasteiger partial charge in [-0.25, -0.2) is 13.2 Å². The molecule has 0 aromatic heterocycles. The second-order valence-corrected chi connectivity index (χ2v) is 6.71. The van der Waals surface area contributed by atoms with Crippen LogP contribution in [-0.2, 0) is 9.84 Å².